The summed E-state index contributed by atoms with van der Waals surface area (Å²) in [6.45, 7) is 6.89. The summed E-state index contributed by atoms with van der Waals surface area (Å²) in [5.74, 6) is 0.0833. The third kappa shape index (κ3) is 19.7. The van der Waals surface area contributed by atoms with Crippen LogP contribution in [-0.2, 0) is 14.2 Å². The van der Waals surface area contributed by atoms with E-state index >= 15 is 0 Å². The van der Waals surface area contributed by atoms with Crippen LogP contribution in [0.2, 0.25) is 0 Å². The maximum atomic E-state index is 9.35. The highest BCUT2D eigenvalue weighted by Gasteiger charge is 2.14. The van der Waals surface area contributed by atoms with Crippen LogP contribution >= 0.6 is 0 Å². The van der Waals surface area contributed by atoms with E-state index in [1.54, 1.807) is 0 Å². The smallest absolute Gasteiger partial charge is 0.0701 e. The first-order valence-electron chi connectivity index (χ1n) is 8.41. The van der Waals surface area contributed by atoms with Crippen LogP contribution in [0.5, 0.6) is 0 Å². The van der Waals surface area contributed by atoms with Crippen molar-refractivity contribution < 1.29 is 34.6 Å². The van der Waals surface area contributed by atoms with Crippen molar-refractivity contribution in [3.8, 4) is 0 Å². The summed E-state index contributed by atoms with van der Waals surface area (Å²) in [6, 6.07) is 0. The summed E-state index contributed by atoms with van der Waals surface area (Å²) >= 11 is 0. The Kier molecular flexibility index (Phi) is 23.6. The van der Waals surface area contributed by atoms with E-state index in [0.717, 1.165) is 19.3 Å². The first-order valence-corrected chi connectivity index (χ1v) is 8.41. The van der Waals surface area contributed by atoms with Gasteiger partial charge in [-0.2, -0.15) is 0 Å². The lowest BCUT2D eigenvalue weighted by Crippen LogP contribution is -2.22. The Balaban J connectivity index is 0. The van der Waals surface area contributed by atoms with Gasteiger partial charge in [0.1, 0.15) is 0 Å². The summed E-state index contributed by atoms with van der Waals surface area (Å²) in [7, 11) is 0. The summed E-state index contributed by atoms with van der Waals surface area (Å²) in [4.78, 5) is 0. The average Bonchev–Trinajstić information content (AvgIpc) is 2.55. The maximum absolute atomic E-state index is 9.35. The van der Waals surface area contributed by atoms with Gasteiger partial charge < -0.3 is 34.6 Å². The van der Waals surface area contributed by atoms with Crippen molar-refractivity contribution in [3.05, 3.63) is 0 Å². The van der Waals surface area contributed by atoms with Gasteiger partial charge in [0.05, 0.1) is 59.0 Å². The van der Waals surface area contributed by atoms with Gasteiger partial charge in [-0.05, 0) is 12.8 Å². The third-order valence-corrected chi connectivity index (χ3v) is 3.10. The molecule has 0 aromatic carbocycles. The molecule has 7 heteroatoms. The van der Waals surface area contributed by atoms with Crippen LogP contribution in [-0.4, -0.2) is 86.0 Å². The number of aliphatic hydroxyl groups excluding tert-OH is 4. The number of aliphatic hydroxyl groups is 4. The number of rotatable bonds is 15. The molecule has 0 saturated heterocycles. The molecule has 4 N–H and O–H groups in total. The summed E-state index contributed by atoms with van der Waals surface area (Å²) in [5, 5.41) is 34.8. The fourth-order valence-corrected chi connectivity index (χ4v) is 1.73. The molecule has 0 radical (unpaired) electrons. The highest BCUT2D eigenvalue weighted by atomic mass is 16.5. The van der Waals surface area contributed by atoms with Gasteiger partial charge in [-0.3, -0.25) is 0 Å². The topological polar surface area (TPSA) is 109 Å². The monoisotopic (exact) mass is 340 g/mol. The Labute approximate surface area is 140 Å². The van der Waals surface area contributed by atoms with Crippen molar-refractivity contribution in [1.29, 1.82) is 0 Å². The van der Waals surface area contributed by atoms with Crippen molar-refractivity contribution >= 4 is 0 Å². The second-order valence-corrected chi connectivity index (χ2v) is 4.99. The summed E-state index contributed by atoms with van der Waals surface area (Å²) < 4.78 is 15.0. The highest BCUT2D eigenvalue weighted by molar-refractivity contribution is 4.65. The zero-order chi connectivity index (χ0) is 17.8. The Hall–Kier alpha value is -0.280. The fraction of sp³-hybridized carbons (Fsp3) is 1.00. The van der Waals surface area contributed by atoms with E-state index in [1.165, 1.54) is 0 Å². The molecule has 0 aliphatic carbocycles. The van der Waals surface area contributed by atoms with Crippen LogP contribution in [0.15, 0.2) is 0 Å². The van der Waals surface area contributed by atoms with Crippen LogP contribution in [0.4, 0.5) is 0 Å². The molecular weight excluding hydrogens is 304 g/mol. The second-order valence-electron chi connectivity index (χ2n) is 4.99. The molecule has 7 nitrogen and oxygen atoms in total. The molecular formula is C16H36O7. The molecule has 0 spiro atoms. The van der Waals surface area contributed by atoms with Crippen molar-refractivity contribution in [2.24, 2.45) is 5.92 Å². The third-order valence-electron chi connectivity index (χ3n) is 3.10. The fourth-order valence-electron chi connectivity index (χ4n) is 1.73. The average molecular weight is 340 g/mol. The lowest BCUT2D eigenvalue weighted by atomic mass is 9.97. The van der Waals surface area contributed by atoms with Gasteiger partial charge in [-0.15, -0.1) is 0 Å². The molecule has 2 unspecified atom stereocenters. The molecule has 0 aliphatic heterocycles. The van der Waals surface area contributed by atoms with E-state index < -0.39 is 0 Å². The molecule has 0 aliphatic rings. The molecule has 2 atom stereocenters. The van der Waals surface area contributed by atoms with Gasteiger partial charge in [-0.25, -0.2) is 0 Å². The van der Waals surface area contributed by atoms with Crippen molar-refractivity contribution in [1.82, 2.24) is 0 Å². The van der Waals surface area contributed by atoms with Crippen LogP contribution in [0.3, 0.4) is 0 Å². The Morgan fingerprint density at radius 1 is 0.739 bits per heavy atom. The van der Waals surface area contributed by atoms with Crippen LogP contribution in [0.1, 0.15) is 33.1 Å². The minimum atomic E-state index is -0.306. The van der Waals surface area contributed by atoms with Crippen molar-refractivity contribution in [3.63, 3.8) is 0 Å². The molecule has 0 amide bonds. The minimum Gasteiger partial charge on any atom is -0.396 e. The molecule has 23 heavy (non-hydrogen) atoms. The number of ether oxygens (including phenoxy) is 3. The van der Waals surface area contributed by atoms with E-state index in [9.17, 15) is 5.11 Å². The van der Waals surface area contributed by atoms with E-state index in [1.807, 2.05) is 13.8 Å². The summed E-state index contributed by atoms with van der Waals surface area (Å²) in [5.41, 5.74) is 0. The maximum Gasteiger partial charge on any atom is 0.0701 e. The van der Waals surface area contributed by atoms with Crippen LogP contribution in [0.25, 0.3) is 0 Å². The quantitative estimate of drug-likeness (QED) is 0.315. The highest BCUT2D eigenvalue weighted by Crippen LogP contribution is 2.12. The zero-order valence-corrected chi connectivity index (χ0v) is 14.7. The zero-order valence-electron chi connectivity index (χ0n) is 14.7. The van der Waals surface area contributed by atoms with E-state index in [2.05, 4.69) is 0 Å². The lowest BCUT2D eigenvalue weighted by molar-refractivity contribution is 0.00230. The van der Waals surface area contributed by atoms with Gasteiger partial charge in [0.25, 0.3) is 0 Å². The standard InChI is InChI=1S/C8H18O5.C8H18O2/c9-1-3-11-5-7-13-8-6-12-4-2-10;1-3-5-8(10)7(4-2)6-9/h9-10H,1-8H2;7-10H,3-6H2,1-2H3. The van der Waals surface area contributed by atoms with Crippen molar-refractivity contribution in [2.75, 3.05) is 59.5 Å². The number of hydrogen-bond acceptors (Lipinski definition) is 7. The second kappa shape index (κ2) is 21.7. The summed E-state index contributed by atoms with van der Waals surface area (Å²) in [6.07, 6.45) is 2.34. The lowest BCUT2D eigenvalue weighted by Gasteiger charge is -2.17. The van der Waals surface area contributed by atoms with Gasteiger partial charge >= 0.3 is 0 Å². The molecule has 0 heterocycles. The molecule has 0 aromatic rings. The first kappa shape index (κ1) is 25.0. The van der Waals surface area contributed by atoms with Crippen LogP contribution < -0.4 is 0 Å². The normalized spacial score (nSPS) is 13.3. The SMILES string of the molecule is CCCC(O)C(CC)CO.OCCOCCOCCOCCO. The predicted octanol–water partition coefficient (Wildman–Crippen LogP) is 0.187. The Morgan fingerprint density at radius 3 is 1.48 bits per heavy atom. The predicted molar refractivity (Wildman–Crippen MR) is 88.4 cm³/mol. The van der Waals surface area contributed by atoms with Crippen molar-refractivity contribution in [2.45, 2.75) is 39.2 Å². The van der Waals surface area contributed by atoms with Gasteiger partial charge in [0.15, 0.2) is 0 Å². The largest absolute Gasteiger partial charge is 0.396 e. The molecule has 0 aromatic heterocycles. The van der Waals surface area contributed by atoms with Gasteiger partial charge in [0, 0.05) is 12.5 Å². The van der Waals surface area contributed by atoms with E-state index in [4.69, 9.17) is 29.5 Å². The van der Waals surface area contributed by atoms with E-state index in [0.29, 0.717) is 39.6 Å². The molecule has 0 saturated carbocycles. The van der Waals surface area contributed by atoms with E-state index in [-0.39, 0.29) is 31.8 Å². The van der Waals surface area contributed by atoms with Gasteiger partial charge in [0.2, 0.25) is 0 Å². The molecule has 142 valence electrons. The molecule has 0 rings (SSSR count). The first-order chi connectivity index (χ1) is 11.2. The van der Waals surface area contributed by atoms with Crippen LogP contribution in [0, 0.1) is 5.92 Å². The van der Waals surface area contributed by atoms with Gasteiger partial charge in [-0.1, -0.05) is 20.3 Å². The Morgan fingerprint density at radius 2 is 1.17 bits per heavy atom. The number of hydrogen-bond donors (Lipinski definition) is 4. The Bertz CT molecular complexity index is 191. The molecule has 0 fully saturated rings. The molecule has 0 bridgehead atoms. The minimum absolute atomic E-state index is 0.0413.